The maximum Gasteiger partial charge on any atom is 2.00 e. The summed E-state index contributed by atoms with van der Waals surface area (Å²) in [5.74, 6) is -0.249. The largest absolute Gasteiger partial charge is 2.00 e. The van der Waals surface area contributed by atoms with Gasteiger partial charge in [0, 0.05) is 44.8 Å². The molecule has 0 saturated heterocycles. The van der Waals surface area contributed by atoms with Gasteiger partial charge in [-0.15, -0.1) is 0 Å². The summed E-state index contributed by atoms with van der Waals surface area (Å²) in [5, 5.41) is 20.7. The molecule has 2 aliphatic rings. The molecular weight excluding hydrogens is 748 g/mol. The molecule has 0 atom stereocenters. The Labute approximate surface area is 318 Å². The molecule has 2 aliphatic heterocycles. The van der Waals surface area contributed by atoms with Crippen LogP contribution in [0.5, 0.6) is 0 Å². The van der Waals surface area contributed by atoms with Crippen molar-refractivity contribution in [2.75, 3.05) is 0 Å². The van der Waals surface area contributed by atoms with Crippen molar-refractivity contribution >= 4 is 56.1 Å². The monoisotopic (exact) mass is 768 g/mol. The molecule has 0 fully saturated rings. The van der Waals surface area contributed by atoms with Gasteiger partial charge in [0.15, 0.2) is 0 Å². The molecule has 0 spiro atoms. The number of fused-ring (bicyclic) bond motifs is 20. The van der Waals surface area contributed by atoms with Crippen molar-refractivity contribution in [2.45, 2.75) is 0 Å². The Balaban J connectivity index is 0.000000266. The number of aromatic nitrogens is 8. The van der Waals surface area contributed by atoms with Gasteiger partial charge in [-0.2, -0.15) is 0 Å². The molecule has 3 aromatic heterocycles. The van der Waals surface area contributed by atoms with E-state index in [0.29, 0.717) is 45.9 Å². The van der Waals surface area contributed by atoms with Gasteiger partial charge in [-0.3, -0.25) is 0 Å². The molecule has 13 heteroatoms. The van der Waals surface area contributed by atoms with Gasteiger partial charge in [0.05, 0.1) is 34.4 Å². The van der Waals surface area contributed by atoms with E-state index < -0.39 is 11.9 Å². The number of carboxylic acids is 2. The average Bonchev–Trinajstić information content (AvgIpc) is 3.91. The second-order valence-corrected chi connectivity index (χ2v) is 11.8. The molecule has 250 valence electrons. The van der Waals surface area contributed by atoms with Crippen LogP contribution >= 0.6 is 0 Å². The van der Waals surface area contributed by atoms with Crippen LogP contribution in [0.1, 0.15) is 20.7 Å². The van der Waals surface area contributed by atoms with Gasteiger partial charge in [-0.25, -0.2) is 19.6 Å². The predicted octanol–water partition coefficient (Wildman–Crippen LogP) is 7.21. The number of benzene rings is 5. The molecule has 0 radical (unpaired) electrons. The van der Waals surface area contributed by atoms with Crippen LogP contribution < -0.4 is 9.97 Å². The summed E-state index contributed by atoms with van der Waals surface area (Å²) >= 11 is 0. The first-order chi connectivity index (χ1) is 25.4. The zero-order valence-electron chi connectivity index (χ0n) is 27.3. The fraction of sp³-hybridized carbons (Fsp3) is 0. The normalized spacial score (nSPS) is 11.2. The Morgan fingerprint density at radius 2 is 0.623 bits per heavy atom. The summed E-state index contributed by atoms with van der Waals surface area (Å²) in [7, 11) is 0. The SMILES string of the molecule is O=C(O)c1ccccc1C(=O)O.[Zr+2].c1ccc2c(c1)-c1nc-2nc2[n-]c(nc3nc(nc4[n-]c(n1)c1ccccc41)-c1ccccc1-3)c1ccccc21. The molecule has 2 N–H and O–H groups in total. The Hall–Kier alpha value is -6.72. The van der Waals surface area contributed by atoms with Crippen LogP contribution in [0, 0.1) is 0 Å². The fourth-order valence-electron chi connectivity index (χ4n) is 6.31. The number of hydrogen-bond donors (Lipinski definition) is 2. The third-order valence-corrected chi connectivity index (χ3v) is 8.72. The van der Waals surface area contributed by atoms with Gasteiger partial charge in [0.25, 0.3) is 0 Å². The summed E-state index contributed by atoms with van der Waals surface area (Å²) in [6.07, 6.45) is 0. The van der Waals surface area contributed by atoms with Crippen molar-refractivity contribution in [2.24, 2.45) is 0 Å². The number of carboxylic acid groups (broad SMARTS) is 2. The summed E-state index contributed by atoms with van der Waals surface area (Å²) in [6, 6.07) is 37.3. The molecule has 12 nitrogen and oxygen atoms in total. The van der Waals surface area contributed by atoms with E-state index in [9.17, 15) is 9.59 Å². The first-order valence-electron chi connectivity index (χ1n) is 16.1. The minimum Gasteiger partial charge on any atom is -0.478 e. The molecule has 0 unspecified atom stereocenters. The number of nitrogens with zero attached hydrogens (tertiary/aromatic N) is 8. The smallest absolute Gasteiger partial charge is 0.478 e. The van der Waals surface area contributed by atoms with Crippen molar-refractivity contribution in [3.8, 4) is 45.6 Å². The van der Waals surface area contributed by atoms with E-state index >= 15 is 0 Å². The van der Waals surface area contributed by atoms with Gasteiger partial charge >= 0.3 is 38.1 Å². The molecule has 0 aliphatic carbocycles. The first-order valence-corrected chi connectivity index (χ1v) is 16.1. The standard InChI is InChI=1S/C32H16N8.C8H6O4.Zr/c1-2-10-18-17(9-1)25-33-26(18)38-28-21-13-5-6-14-22(21)30(35-28)40-32-24-16-8-7-15-23(24)31(36-32)39-29-20-12-4-3-11-19(20)27(34-29)37-25;9-7(10)5-3-1-2-4-6(5)8(11)12;/h1-16H;1-4H,(H,9,10)(H,11,12);/q-2;;+2. The Kier molecular flexibility index (Phi) is 8.48. The maximum atomic E-state index is 10.5. The van der Waals surface area contributed by atoms with E-state index in [-0.39, 0.29) is 37.3 Å². The third kappa shape index (κ3) is 5.86. The zero-order chi connectivity index (χ0) is 35.3. The number of carbonyl (C=O) groups is 2. The van der Waals surface area contributed by atoms with Crippen molar-refractivity contribution < 1.29 is 46.0 Å². The van der Waals surface area contributed by atoms with Crippen molar-refractivity contribution in [1.82, 2.24) is 39.9 Å². The summed E-state index contributed by atoms with van der Waals surface area (Å²) in [5.41, 5.74) is 5.40. The quantitative estimate of drug-likeness (QED) is 0.181. The minimum absolute atomic E-state index is 0. The van der Waals surface area contributed by atoms with Crippen molar-refractivity contribution in [3.63, 3.8) is 0 Å². The molecule has 10 rings (SSSR count). The Morgan fingerprint density at radius 3 is 0.887 bits per heavy atom. The topological polar surface area (TPSA) is 180 Å². The van der Waals surface area contributed by atoms with E-state index in [1.807, 2.05) is 97.1 Å². The van der Waals surface area contributed by atoms with E-state index in [2.05, 4.69) is 0 Å². The molecular formula is C40H22N8O4Zr. The first kappa shape index (κ1) is 33.4. The molecule has 53 heavy (non-hydrogen) atoms. The molecule has 8 bridgehead atoms. The summed E-state index contributed by atoms with van der Waals surface area (Å²) in [6.45, 7) is 0. The van der Waals surface area contributed by atoms with Crippen LogP contribution in [0.25, 0.3) is 89.7 Å². The summed E-state index contributed by atoms with van der Waals surface area (Å²) in [4.78, 5) is 60.2. The van der Waals surface area contributed by atoms with Crippen LogP contribution in [0.3, 0.4) is 0 Å². The number of aromatic carboxylic acids is 2. The Morgan fingerprint density at radius 1 is 0.377 bits per heavy atom. The van der Waals surface area contributed by atoms with Gasteiger partial charge < -0.3 is 40.1 Å². The third-order valence-electron chi connectivity index (χ3n) is 8.72. The maximum absolute atomic E-state index is 10.5. The number of rotatable bonds is 2. The molecule has 5 heterocycles. The second kappa shape index (κ2) is 13.4. The van der Waals surface area contributed by atoms with Crippen LogP contribution in [-0.2, 0) is 26.2 Å². The van der Waals surface area contributed by atoms with Gasteiger partial charge in [-0.1, -0.05) is 109 Å². The van der Waals surface area contributed by atoms with E-state index in [1.165, 1.54) is 24.3 Å². The van der Waals surface area contributed by atoms with Crippen molar-refractivity contribution in [1.29, 1.82) is 0 Å². The van der Waals surface area contributed by atoms with E-state index in [1.54, 1.807) is 0 Å². The van der Waals surface area contributed by atoms with E-state index in [4.69, 9.17) is 50.1 Å². The van der Waals surface area contributed by atoms with E-state index in [0.717, 1.165) is 43.8 Å². The average molecular weight is 770 g/mol. The van der Waals surface area contributed by atoms with Crippen LogP contribution in [0.4, 0.5) is 0 Å². The van der Waals surface area contributed by atoms with Gasteiger partial charge in [-0.05, 0) is 33.7 Å². The Bertz CT molecular complexity index is 2600. The molecule has 0 amide bonds. The zero-order valence-corrected chi connectivity index (χ0v) is 29.8. The van der Waals surface area contributed by atoms with Crippen molar-refractivity contribution in [3.05, 3.63) is 132 Å². The minimum atomic E-state index is -1.23. The molecule has 5 aromatic carbocycles. The van der Waals surface area contributed by atoms with Crippen LogP contribution in [-0.4, -0.2) is 52.1 Å². The second-order valence-electron chi connectivity index (χ2n) is 11.8. The molecule has 8 aromatic rings. The van der Waals surface area contributed by atoms with Gasteiger partial charge in [0.2, 0.25) is 0 Å². The van der Waals surface area contributed by atoms with Crippen LogP contribution in [0.2, 0.25) is 0 Å². The van der Waals surface area contributed by atoms with Gasteiger partial charge in [0.1, 0.15) is 0 Å². The predicted molar refractivity (Wildman–Crippen MR) is 194 cm³/mol. The van der Waals surface area contributed by atoms with Crippen LogP contribution in [0.15, 0.2) is 121 Å². The number of hydrogen-bond acceptors (Lipinski definition) is 8. The fourth-order valence-corrected chi connectivity index (χ4v) is 6.31. The molecule has 0 saturated carbocycles. The summed E-state index contributed by atoms with van der Waals surface area (Å²) < 4.78 is 0.